The summed E-state index contributed by atoms with van der Waals surface area (Å²) in [6.45, 7) is 8.45. The summed E-state index contributed by atoms with van der Waals surface area (Å²) >= 11 is 0. The molecule has 0 N–H and O–H groups in total. The molecule has 9 heteroatoms. The maximum atomic E-state index is 12.7. The van der Waals surface area contributed by atoms with Crippen LogP contribution in [0.4, 0.5) is 5.95 Å². The van der Waals surface area contributed by atoms with Crippen molar-refractivity contribution in [2.45, 2.75) is 45.6 Å². The van der Waals surface area contributed by atoms with Crippen LogP contribution < -0.4 is 16.0 Å². The lowest BCUT2D eigenvalue weighted by atomic mass is 9.92. The molecule has 4 rings (SSSR count). The molecule has 1 aliphatic rings. The predicted octanol–water partition coefficient (Wildman–Crippen LogP) is 1.44. The number of rotatable bonds is 3. The molecule has 0 saturated carbocycles. The summed E-state index contributed by atoms with van der Waals surface area (Å²) in [5.41, 5.74) is 1.16. The SMILES string of the molecule is Cn1cc2c(=O)n(C)c(N3CCC(Cn4nc(C(C)(C)C)ccc4=O)CC3)nc2n1. The van der Waals surface area contributed by atoms with E-state index in [1.165, 1.54) is 0 Å². The van der Waals surface area contributed by atoms with Gasteiger partial charge in [0.1, 0.15) is 5.39 Å². The third-order valence-corrected chi connectivity index (χ3v) is 5.81. The Kier molecular flexibility index (Phi) is 4.99. The van der Waals surface area contributed by atoms with Gasteiger partial charge in [-0.25, -0.2) is 4.68 Å². The van der Waals surface area contributed by atoms with Gasteiger partial charge in [0.25, 0.3) is 11.1 Å². The molecular formula is C21H29N7O2. The molecule has 0 spiro atoms. The maximum absolute atomic E-state index is 12.7. The van der Waals surface area contributed by atoms with Crippen molar-refractivity contribution in [2.75, 3.05) is 18.0 Å². The average Bonchev–Trinajstić information content (AvgIpc) is 3.07. The second kappa shape index (κ2) is 7.37. The number of hydrogen-bond acceptors (Lipinski definition) is 6. The molecule has 0 amide bonds. The number of piperidine rings is 1. The standard InChI is InChI=1S/C21H29N7O2/c1-21(2,3)16-6-7-17(29)28(23-16)12-14-8-10-27(11-9-14)20-22-18-15(13-25(4)24-18)19(30)26(20)5/h6-7,13-14H,8-12H2,1-5H3. The van der Waals surface area contributed by atoms with Crippen molar-refractivity contribution in [2.24, 2.45) is 20.0 Å². The molecule has 160 valence electrons. The topological polar surface area (TPSA) is 90.8 Å². The first-order chi connectivity index (χ1) is 14.1. The van der Waals surface area contributed by atoms with Crippen molar-refractivity contribution in [3.8, 4) is 0 Å². The highest BCUT2D eigenvalue weighted by atomic mass is 16.1. The number of fused-ring (bicyclic) bond motifs is 1. The quantitative estimate of drug-likeness (QED) is 0.648. The molecular weight excluding hydrogens is 382 g/mol. The van der Waals surface area contributed by atoms with Gasteiger partial charge >= 0.3 is 0 Å². The molecule has 30 heavy (non-hydrogen) atoms. The van der Waals surface area contributed by atoms with Crippen LogP contribution in [0.25, 0.3) is 11.0 Å². The fraction of sp³-hybridized carbons (Fsp3) is 0.571. The summed E-state index contributed by atoms with van der Waals surface area (Å²) in [6, 6.07) is 3.44. The molecule has 0 aliphatic carbocycles. The molecule has 3 aromatic heterocycles. The van der Waals surface area contributed by atoms with Gasteiger partial charge in [0.2, 0.25) is 5.95 Å². The first-order valence-corrected chi connectivity index (χ1v) is 10.4. The third-order valence-electron chi connectivity index (χ3n) is 5.81. The first-order valence-electron chi connectivity index (χ1n) is 10.4. The van der Waals surface area contributed by atoms with Crippen LogP contribution in [0.15, 0.2) is 27.9 Å². The fourth-order valence-corrected chi connectivity index (χ4v) is 3.97. The van der Waals surface area contributed by atoms with Crippen molar-refractivity contribution in [3.05, 3.63) is 44.7 Å². The Hall–Kier alpha value is -2.97. The summed E-state index contributed by atoms with van der Waals surface area (Å²) in [7, 11) is 3.54. The zero-order chi connectivity index (χ0) is 21.6. The van der Waals surface area contributed by atoms with E-state index in [0.29, 0.717) is 29.4 Å². The smallest absolute Gasteiger partial charge is 0.266 e. The summed E-state index contributed by atoms with van der Waals surface area (Å²) in [4.78, 5) is 31.7. The summed E-state index contributed by atoms with van der Waals surface area (Å²) < 4.78 is 4.82. The van der Waals surface area contributed by atoms with Crippen molar-refractivity contribution in [3.63, 3.8) is 0 Å². The Morgan fingerprint density at radius 3 is 2.43 bits per heavy atom. The highest BCUT2D eigenvalue weighted by Gasteiger charge is 2.25. The summed E-state index contributed by atoms with van der Waals surface area (Å²) in [6.07, 6.45) is 3.52. The first kappa shape index (κ1) is 20.3. The lowest BCUT2D eigenvalue weighted by molar-refractivity contribution is 0.327. The summed E-state index contributed by atoms with van der Waals surface area (Å²) in [5, 5.41) is 9.43. The Balaban J connectivity index is 1.50. The van der Waals surface area contributed by atoms with Crippen LogP contribution in [0, 0.1) is 5.92 Å². The second-order valence-corrected chi connectivity index (χ2v) is 9.24. The zero-order valence-corrected chi connectivity index (χ0v) is 18.3. The summed E-state index contributed by atoms with van der Waals surface area (Å²) in [5.74, 6) is 1.01. The van der Waals surface area contributed by atoms with Crippen molar-refractivity contribution < 1.29 is 0 Å². The van der Waals surface area contributed by atoms with Crippen LogP contribution in [0.2, 0.25) is 0 Å². The van der Waals surface area contributed by atoms with E-state index in [1.54, 1.807) is 40.3 Å². The highest BCUT2D eigenvalue weighted by molar-refractivity contribution is 5.74. The van der Waals surface area contributed by atoms with Gasteiger partial charge in [0.05, 0.1) is 5.69 Å². The molecule has 1 fully saturated rings. The zero-order valence-electron chi connectivity index (χ0n) is 18.3. The van der Waals surface area contributed by atoms with Crippen LogP contribution in [0.3, 0.4) is 0 Å². The van der Waals surface area contributed by atoms with E-state index in [9.17, 15) is 9.59 Å². The number of anilines is 1. The predicted molar refractivity (Wildman–Crippen MR) is 116 cm³/mol. The fourth-order valence-electron chi connectivity index (χ4n) is 3.97. The van der Waals surface area contributed by atoms with E-state index in [1.807, 2.05) is 6.07 Å². The Morgan fingerprint density at radius 2 is 1.77 bits per heavy atom. The van der Waals surface area contributed by atoms with Gasteiger partial charge in [0, 0.05) is 51.4 Å². The van der Waals surface area contributed by atoms with Crippen LogP contribution in [-0.2, 0) is 26.1 Å². The molecule has 0 bridgehead atoms. The minimum Gasteiger partial charge on any atom is -0.342 e. The number of aryl methyl sites for hydroxylation is 1. The lowest BCUT2D eigenvalue weighted by Gasteiger charge is -2.33. The number of aromatic nitrogens is 6. The van der Waals surface area contributed by atoms with Crippen molar-refractivity contribution in [1.82, 2.24) is 29.1 Å². The molecule has 0 atom stereocenters. The second-order valence-electron chi connectivity index (χ2n) is 9.24. The Bertz CT molecular complexity index is 1190. The van der Waals surface area contributed by atoms with Gasteiger partial charge < -0.3 is 4.90 Å². The Labute approximate surface area is 175 Å². The molecule has 1 saturated heterocycles. The van der Waals surface area contributed by atoms with Gasteiger partial charge in [0.15, 0.2) is 5.65 Å². The maximum Gasteiger partial charge on any atom is 0.266 e. The Morgan fingerprint density at radius 1 is 1.07 bits per heavy atom. The van der Waals surface area contributed by atoms with Crippen LogP contribution in [-0.4, -0.2) is 42.2 Å². The van der Waals surface area contributed by atoms with E-state index in [-0.39, 0.29) is 16.5 Å². The average molecular weight is 412 g/mol. The van der Waals surface area contributed by atoms with E-state index in [0.717, 1.165) is 31.6 Å². The van der Waals surface area contributed by atoms with Gasteiger partial charge in [-0.1, -0.05) is 20.8 Å². The monoisotopic (exact) mass is 411 g/mol. The van der Waals surface area contributed by atoms with Crippen LogP contribution in [0.1, 0.15) is 39.3 Å². The minimum atomic E-state index is -0.0978. The van der Waals surface area contributed by atoms with E-state index >= 15 is 0 Å². The lowest BCUT2D eigenvalue weighted by Crippen LogP contribution is -2.40. The van der Waals surface area contributed by atoms with Gasteiger partial charge in [-0.15, -0.1) is 0 Å². The van der Waals surface area contributed by atoms with E-state index in [2.05, 4.69) is 40.9 Å². The van der Waals surface area contributed by atoms with Crippen molar-refractivity contribution >= 4 is 17.0 Å². The van der Waals surface area contributed by atoms with Gasteiger partial charge in [-0.3, -0.25) is 18.8 Å². The minimum absolute atomic E-state index is 0.0601. The molecule has 9 nitrogen and oxygen atoms in total. The normalized spacial score (nSPS) is 15.8. The highest BCUT2D eigenvalue weighted by Crippen LogP contribution is 2.23. The van der Waals surface area contributed by atoms with Gasteiger partial charge in [-0.05, 0) is 24.8 Å². The van der Waals surface area contributed by atoms with E-state index in [4.69, 9.17) is 0 Å². The molecule has 3 aromatic rings. The van der Waals surface area contributed by atoms with Crippen LogP contribution >= 0.6 is 0 Å². The number of nitrogens with zero attached hydrogens (tertiary/aromatic N) is 7. The molecule has 0 unspecified atom stereocenters. The number of hydrogen-bond donors (Lipinski definition) is 0. The molecule has 4 heterocycles. The van der Waals surface area contributed by atoms with Crippen LogP contribution in [0.5, 0.6) is 0 Å². The molecule has 0 radical (unpaired) electrons. The van der Waals surface area contributed by atoms with Crippen molar-refractivity contribution in [1.29, 1.82) is 0 Å². The van der Waals surface area contributed by atoms with E-state index < -0.39 is 0 Å². The molecule has 0 aromatic carbocycles. The third kappa shape index (κ3) is 3.76. The molecule has 1 aliphatic heterocycles. The van der Waals surface area contributed by atoms with Gasteiger partial charge in [-0.2, -0.15) is 15.2 Å². The largest absolute Gasteiger partial charge is 0.342 e.